The summed E-state index contributed by atoms with van der Waals surface area (Å²) in [5.74, 6) is -1.23. The molecular weight excluding hydrogens is 286 g/mol. The third kappa shape index (κ3) is 2.21. The number of aliphatic hydroxyl groups is 1. The molecule has 1 aromatic heterocycles. The second kappa shape index (κ2) is 4.16. The highest BCUT2D eigenvalue weighted by Crippen LogP contribution is 2.27. The van der Waals surface area contributed by atoms with Gasteiger partial charge in [0.2, 0.25) is 0 Å². The van der Waals surface area contributed by atoms with E-state index >= 15 is 0 Å². The van der Waals surface area contributed by atoms with Gasteiger partial charge in [-0.05, 0) is 28.9 Å². The summed E-state index contributed by atoms with van der Waals surface area (Å²) in [6.45, 7) is 1.30. The van der Waals surface area contributed by atoms with E-state index in [1.807, 2.05) is 24.3 Å². The number of carbonyl (C=O) groups is 1. The molecule has 0 bridgehead atoms. The first-order valence-electron chi connectivity index (χ1n) is 5.11. The van der Waals surface area contributed by atoms with Gasteiger partial charge in [0.1, 0.15) is 0 Å². The number of carboxylic acids is 1. The van der Waals surface area contributed by atoms with Crippen molar-refractivity contribution in [2.75, 3.05) is 0 Å². The van der Waals surface area contributed by atoms with Gasteiger partial charge < -0.3 is 14.8 Å². The van der Waals surface area contributed by atoms with Crippen LogP contribution in [0.2, 0.25) is 0 Å². The van der Waals surface area contributed by atoms with E-state index in [1.165, 1.54) is 6.92 Å². The molecule has 0 spiro atoms. The van der Waals surface area contributed by atoms with Crippen LogP contribution in [0, 0.1) is 0 Å². The summed E-state index contributed by atoms with van der Waals surface area (Å²) in [4.78, 5) is 10.9. The van der Waals surface area contributed by atoms with E-state index in [9.17, 15) is 9.90 Å². The number of aliphatic carboxylic acids is 1. The number of fused-ring (bicyclic) bond motifs is 1. The predicted molar refractivity (Wildman–Crippen MR) is 67.9 cm³/mol. The fourth-order valence-electron chi connectivity index (χ4n) is 1.73. The van der Waals surface area contributed by atoms with E-state index in [-0.39, 0.29) is 6.54 Å². The van der Waals surface area contributed by atoms with Gasteiger partial charge in [-0.15, -0.1) is 0 Å². The molecule has 0 radical (unpaired) electrons. The first kappa shape index (κ1) is 12.1. The fraction of sp³-hybridized carbons (Fsp3) is 0.250. The smallest absolute Gasteiger partial charge is 0.337 e. The van der Waals surface area contributed by atoms with Crippen molar-refractivity contribution >= 4 is 32.8 Å². The second-order valence-corrected chi connectivity index (χ2v) is 5.06. The molecule has 5 heteroatoms. The molecule has 0 saturated carbocycles. The third-order valence-electron chi connectivity index (χ3n) is 2.68. The Morgan fingerprint density at radius 3 is 2.76 bits per heavy atom. The average molecular weight is 298 g/mol. The SMILES string of the molecule is CC(O)(Cn1cc(Br)c2ccccc21)C(=O)O. The van der Waals surface area contributed by atoms with E-state index < -0.39 is 11.6 Å². The van der Waals surface area contributed by atoms with E-state index in [0.29, 0.717) is 0 Å². The van der Waals surface area contributed by atoms with E-state index in [0.717, 1.165) is 15.4 Å². The number of benzene rings is 1. The van der Waals surface area contributed by atoms with Crippen LogP contribution in [-0.4, -0.2) is 26.4 Å². The molecule has 0 fully saturated rings. The Kier molecular flexibility index (Phi) is 2.97. The molecule has 0 aliphatic heterocycles. The Hall–Kier alpha value is -1.33. The molecule has 1 atom stereocenters. The highest BCUT2D eigenvalue weighted by molar-refractivity contribution is 9.10. The summed E-state index contributed by atoms with van der Waals surface area (Å²) in [5.41, 5.74) is -0.887. The zero-order valence-electron chi connectivity index (χ0n) is 9.22. The maximum absolute atomic E-state index is 10.9. The summed E-state index contributed by atoms with van der Waals surface area (Å²) in [7, 11) is 0. The van der Waals surface area contributed by atoms with Gasteiger partial charge in [0.25, 0.3) is 0 Å². The molecule has 90 valence electrons. The van der Waals surface area contributed by atoms with Crippen LogP contribution in [0.25, 0.3) is 10.9 Å². The normalized spacial score (nSPS) is 14.8. The van der Waals surface area contributed by atoms with Crippen molar-refractivity contribution in [2.24, 2.45) is 0 Å². The quantitative estimate of drug-likeness (QED) is 0.913. The lowest BCUT2D eigenvalue weighted by molar-refractivity contribution is -0.157. The summed E-state index contributed by atoms with van der Waals surface area (Å²) < 4.78 is 2.61. The van der Waals surface area contributed by atoms with Crippen molar-refractivity contribution in [3.8, 4) is 0 Å². The van der Waals surface area contributed by atoms with Gasteiger partial charge >= 0.3 is 5.97 Å². The predicted octanol–water partition coefficient (Wildman–Crippen LogP) is 2.24. The van der Waals surface area contributed by atoms with Crippen LogP contribution in [0.1, 0.15) is 6.92 Å². The Morgan fingerprint density at radius 1 is 1.47 bits per heavy atom. The summed E-state index contributed by atoms with van der Waals surface area (Å²) in [6.07, 6.45) is 1.78. The van der Waals surface area contributed by atoms with Crippen LogP contribution in [-0.2, 0) is 11.3 Å². The summed E-state index contributed by atoms with van der Waals surface area (Å²) in [6, 6.07) is 7.61. The topological polar surface area (TPSA) is 62.5 Å². The van der Waals surface area contributed by atoms with Crippen molar-refractivity contribution in [1.29, 1.82) is 0 Å². The molecule has 0 aliphatic rings. The lowest BCUT2D eigenvalue weighted by Crippen LogP contribution is -2.39. The zero-order valence-corrected chi connectivity index (χ0v) is 10.8. The zero-order chi connectivity index (χ0) is 12.6. The highest BCUT2D eigenvalue weighted by atomic mass is 79.9. The minimum absolute atomic E-state index is 0.00838. The molecule has 0 amide bonds. The molecule has 1 aromatic carbocycles. The number of hydrogen-bond acceptors (Lipinski definition) is 2. The Labute approximate surface area is 107 Å². The number of halogens is 1. The maximum Gasteiger partial charge on any atom is 0.337 e. The van der Waals surface area contributed by atoms with Crippen LogP contribution in [0.15, 0.2) is 34.9 Å². The van der Waals surface area contributed by atoms with Crippen LogP contribution in [0.5, 0.6) is 0 Å². The van der Waals surface area contributed by atoms with Crippen molar-refractivity contribution in [3.05, 3.63) is 34.9 Å². The molecule has 0 aliphatic carbocycles. The molecule has 1 heterocycles. The van der Waals surface area contributed by atoms with E-state index in [1.54, 1.807) is 10.8 Å². The second-order valence-electron chi connectivity index (χ2n) is 4.20. The Balaban J connectivity index is 2.47. The van der Waals surface area contributed by atoms with Crippen molar-refractivity contribution < 1.29 is 15.0 Å². The van der Waals surface area contributed by atoms with Gasteiger partial charge in [-0.3, -0.25) is 0 Å². The molecule has 2 rings (SSSR count). The molecule has 4 nitrogen and oxygen atoms in total. The average Bonchev–Trinajstić information content (AvgIpc) is 2.56. The van der Waals surface area contributed by atoms with Gasteiger partial charge in [0.15, 0.2) is 5.60 Å². The molecular formula is C12H12BrNO3. The first-order chi connectivity index (χ1) is 7.92. The number of hydrogen-bond donors (Lipinski definition) is 2. The number of aromatic nitrogens is 1. The summed E-state index contributed by atoms with van der Waals surface area (Å²) >= 11 is 3.41. The minimum atomic E-state index is -1.78. The van der Waals surface area contributed by atoms with Crippen LogP contribution >= 0.6 is 15.9 Å². The third-order valence-corrected chi connectivity index (χ3v) is 3.31. The fourth-order valence-corrected chi connectivity index (χ4v) is 2.31. The van der Waals surface area contributed by atoms with Gasteiger partial charge in [0, 0.05) is 21.6 Å². The molecule has 17 heavy (non-hydrogen) atoms. The van der Waals surface area contributed by atoms with Crippen LogP contribution in [0.4, 0.5) is 0 Å². The van der Waals surface area contributed by atoms with Crippen molar-refractivity contribution in [1.82, 2.24) is 4.57 Å². The Morgan fingerprint density at radius 2 is 2.12 bits per heavy atom. The standard InChI is InChI=1S/C12H12BrNO3/c1-12(17,11(15)16)7-14-6-9(13)8-4-2-3-5-10(8)14/h2-6,17H,7H2,1H3,(H,15,16). The summed E-state index contributed by atoms with van der Waals surface area (Å²) in [5, 5.41) is 19.7. The van der Waals surface area contributed by atoms with Crippen LogP contribution < -0.4 is 0 Å². The lowest BCUT2D eigenvalue weighted by Gasteiger charge is -2.19. The number of nitrogens with zero attached hydrogens (tertiary/aromatic N) is 1. The molecule has 0 saturated heterocycles. The molecule has 1 unspecified atom stereocenters. The van der Waals surface area contributed by atoms with E-state index in [2.05, 4.69) is 15.9 Å². The lowest BCUT2D eigenvalue weighted by atomic mass is 10.1. The largest absolute Gasteiger partial charge is 0.479 e. The van der Waals surface area contributed by atoms with E-state index in [4.69, 9.17) is 5.11 Å². The van der Waals surface area contributed by atoms with Gasteiger partial charge in [-0.1, -0.05) is 18.2 Å². The van der Waals surface area contributed by atoms with Gasteiger partial charge in [-0.2, -0.15) is 0 Å². The van der Waals surface area contributed by atoms with Crippen molar-refractivity contribution in [3.63, 3.8) is 0 Å². The minimum Gasteiger partial charge on any atom is -0.479 e. The highest BCUT2D eigenvalue weighted by Gasteiger charge is 2.30. The number of rotatable bonds is 3. The first-order valence-corrected chi connectivity index (χ1v) is 5.90. The number of carboxylic acid groups (broad SMARTS) is 1. The molecule has 2 N–H and O–H groups in total. The molecule has 2 aromatic rings. The van der Waals surface area contributed by atoms with Crippen molar-refractivity contribution in [2.45, 2.75) is 19.1 Å². The maximum atomic E-state index is 10.9. The Bertz CT molecular complexity index is 574. The number of para-hydroxylation sites is 1. The van der Waals surface area contributed by atoms with Gasteiger partial charge in [-0.25, -0.2) is 4.79 Å². The van der Waals surface area contributed by atoms with Crippen LogP contribution in [0.3, 0.4) is 0 Å². The van der Waals surface area contributed by atoms with Gasteiger partial charge in [0.05, 0.1) is 6.54 Å². The monoisotopic (exact) mass is 297 g/mol.